The number of hydrogen-bond acceptors (Lipinski definition) is 3. The van der Waals surface area contributed by atoms with E-state index in [0.29, 0.717) is 23.7 Å². The van der Waals surface area contributed by atoms with Gasteiger partial charge < -0.3 is 5.32 Å². The van der Waals surface area contributed by atoms with E-state index in [0.717, 1.165) is 12.8 Å². The molecule has 1 heterocycles. The van der Waals surface area contributed by atoms with Crippen molar-refractivity contribution in [2.24, 2.45) is 0 Å². The standard InChI is InChI=1S/C11H12ClN3O/c12-10-5-4-9(8-15-10)11(16)14-7-3-1-2-6-13/h4-5,8H,1-3,7H2,(H,14,16). The third-order valence-electron chi connectivity index (χ3n) is 1.99. The van der Waals surface area contributed by atoms with Crippen LogP contribution in [0, 0.1) is 11.3 Å². The first-order valence-corrected chi connectivity index (χ1v) is 5.38. The maximum atomic E-state index is 11.5. The Kier molecular flexibility index (Phi) is 5.30. The van der Waals surface area contributed by atoms with E-state index in [1.807, 2.05) is 0 Å². The van der Waals surface area contributed by atoms with Gasteiger partial charge in [0.15, 0.2) is 0 Å². The van der Waals surface area contributed by atoms with Gasteiger partial charge in [-0.15, -0.1) is 0 Å². The van der Waals surface area contributed by atoms with Gasteiger partial charge in [0.25, 0.3) is 5.91 Å². The Hall–Kier alpha value is -1.60. The van der Waals surface area contributed by atoms with Crippen molar-refractivity contribution in [2.75, 3.05) is 6.54 Å². The summed E-state index contributed by atoms with van der Waals surface area (Å²) in [6.07, 6.45) is 3.57. The van der Waals surface area contributed by atoms with E-state index in [9.17, 15) is 4.79 Å². The Morgan fingerprint density at radius 1 is 1.50 bits per heavy atom. The van der Waals surface area contributed by atoms with Crippen molar-refractivity contribution in [3.05, 3.63) is 29.0 Å². The summed E-state index contributed by atoms with van der Waals surface area (Å²) in [6, 6.07) is 5.26. The van der Waals surface area contributed by atoms with Gasteiger partial charge >= 0.3 is 0 Å². The van der Waals surface area contributed by atoms with E-state index in [2.05, 4.69) is 16.4 Å². The molecule has 0 saturated carbocycles. The minimum absolute atomic E-state index is 0.166. The van der Waals surface area contributed by atoms with E-state index >= 15 is 0 Å². The number of pyridine rings is 1. The van der Waals surface area contributed by atoms with Crippen LogP contribution in [0.1, 0.15) is 29.6 Å². The molecule has 0 aliphatic heterocycles. The van der Waals surface area contributed by atoms with Crippen LogP contribution in [-0.4, -0.2) is 17.4 Å². The van der Waals surface area contributed by atoms with Crippen LogP contribution in [0.2, 0.25) is 5.15 Å². The maximum absolute atomic E-state index is 11.5. The summed E-state index contributed by atoms with van der Waals surface area (Å²) >= 11 is 5.60. The fraction of sp³-hybridized carbons (Fsp3) is 0.364. The lowest BCUT2D eigenvalue weighted by molar-refractivity contribution is 0.0952. The number of carbonyl (C=O) groups is 1. The fourth-order valence-corrected chi connectivity index (χ4v) is 1.25. The first-order chi connectivity index (χ1) is 7.74. The molecule has 0 saturated heterocycles. The first-order valence-electron chi connectivity index (χ1n) is 5.00. The summed E-state index contributed by atoms with van der Waals surface area (Å²) in [5.41, 5.74) is 0.490. The van der Waals surface area contributed by atoms with E-state index in [1.54, 1.807) is 12.1 Å². The number of halogens is 1. The third-order valence-corrected chi connectivity index (χ3v) is 2.21. The van der Waals surface area contributed by atoms with E-state index < -0.39 is 0 Å². The zero-order valence-corrected chi connectivity index (χ0v) is 9.50. The highest BCUT2D eigenvalue weighted by molar-refractivity contribution is 6.29. The number of nitrogens with zero attached hydrogens (tertiary/aromatic N) is 2. The number of rotatable bonds is 5. The second-order valence-electron chi connectivity index (χ2n) is 3.24. The molecule has 84 valence electrons. The highest BCUT2D eigenvalue weighted by atomic mass is 35.5. The fourth-order valence-electron chi connectivity index (χ4n) is 1.14. The van der Waals surface area contributed by atoms with Crippen LogP contribution in [0.25, 0.3) is 0 Å². The van der Waals surface area contributed by atoms with Crippen LogP contribution in [0.4, 0.5) is 0 Å². The van der Waals surface area contributed by atoms with Crippen LogP contribution in [0.15, 0.2) is 18.3 Å². The SMILES string of the molecule is N#CCCCCNC(=O)c1ccc(Cl)nc1. The minimum atomic E-state index is -0.166. The Labute approximate surface area is 99.2 Å². The van der Waals surface area contributed by atoms with Crippen molar-refractivity contribution >= 4 is 17.5 Å². The van der Waals surface area contributed by atoms with Crippen molar-refractivity contribution in [1.82, 2.24) is 10.3 Å². The molecule has 5 heteroatoms. The van der Waals surface area contributed by atoms with Crippen LogP contribution >= 0.6 is 11.6 Å². The van der Waals surface area contributed by atoms with E-state index in [-0.39, 0.29) is 5.91 Å². The molecule has 0 unspecified atom stereocenters. The number of amides is 1. The topological polar surface area (TPSA) is 65.8 Å². The lowest BCUT2D eigenvalue weighted by Gasteiger charge is -2.03. The van der Waals surface area contributed by atoms with Gasteiger partial charge in [-0.25, -0.2) is 4.98 Å². The molecule has 0 aromatic carbocycles. The van der Waals surface area contributed by atoms with Gasteiger partial charge in [-0.3, -0.25) is 4.79 Å². The summed E-state index contributed by atoms with van der Waals surface area (Å²) in [5.74, 6) is -0.166. The molecule has 16 heavy (non-hydrogen) atoms. The van der Waals surface area contributed by atoms with E-state index in [1.165, 1.54) is 6.20 Å². The number of aromatic nitrogens is 1. The molecule has 0 atom stereocenters. The normalized spacial score (nSPS) is 9.50. The van der Waals surface area contributed by atoms with Crippen molar-refractivity contribution in [3.8, 4) is 6.07 Å². The Bertz CT molecular complexity index is 383. The van der Waals surface area contributed by atoms with Crippen molar-refractivity contribution < 1.29 is 4.79 Å². The molecule has 0 fully saturated rings. The summed E-state index contributed by atoms with van der Waals surface area (Å²) in [5, 5.41) is 11.4. The zero-order chi connectivity index (χ0) is 11.8. The van der Waals surface area contributed by atoms with Crippen LogP contribution < -0.4 is 5.32 Å². The Morgan fingerprint density at radius 3 is 2.94 bits per heavy atom. The second-order valence-corrected chi connectivity index (χ2v) is 3.63. The van der Waals surface area contributed by atoms with Gasteiger partial charge in [-0.2, -0.15) is 5.26 Å². The van der Waals surface area contributed by atoms with Gasteiger partial charge in [0, 0.05) is 19.2 Å². The predicted octanol–water partition coefficient (Wildman–Crippen LogP) is 2.16. The number of nitriles is 1. The smallest absolute Gasteiger partial charge is 0.252 e. The molecular formula is C11H12ClN3O. The summed E-state index contributed by atoms with van der Waals surface area (Å²) < 4.78 is 0. The van der Waals surface area contributed by atoms with Gasteiger partial charge in [-0.05, 0) is 25.0 Å². The van der Waals surface area contributed by atoms with Crippen molar-refractivity contribution in [1.29, 1.82) is 5.26 Å². The van der Waals surface area contributed by atoms with Crippen LogP contribution in [0.3, 0.4) is 0 Å². The number of unbranched alkanes of at least 4 members (excludes halogenated alkanes) is 2. The largest absolute Gasteiger partial charge is 0.352 e. The molecule has 1 amide bonds. The molecule has 0 aliphatic rings. The second kappa shape index (κ2) is 6.81. The average Bonchev–Trinajstić information content (AvgIpc) is 2.29. The molecule has 0 radical (unpaired) electrons. The van der Waals surface area contributed by atoms with Gasteiger partial charge in [0.05, 0.1) is 11.6 Å². The summed E-state index contributed by atoms with van der Waals surface area (Å²) in [7, 11) is 0. The van der Waals surface area contributed by atoms with Crippen LogP contribution in [-0.2, 0) is 0 Å². The van der Waals surface area contributed by atoms with Gasteiger partial charge in [0.1, 0.15) is 5.15 Å². The number of nitrogens with one attached hydrogen (secondary N) is 1. The van der Waals surface area contributed by atoms with E-state index in [4.69, 9.17) is 16.9 Å². The molecular weight excluding hydrogens is 226 g/mol. The molecule has 1 rings (SSSR count). The molecule has 4 nitrogen and oxygen atoms in total. The molecule has 0 spiro atoms. The Balaban J connectivity index is 2.30. The molecule has 1 aromatic rings. The minimum Gasteiger partial charge on any atom is -0.352 e. The van der Waals surface area contributed by atoms with Crippen LogP contribution in [0.5, 0.6) is 0 Å². The zero-order valence-electron chi connectivity index (χ0n) is 8.74. The third kappa shape index (κ3) is 4.28. The number of hydrogen-bond donors (Lipinski definition) is 1. The predicted molar refractivity (Wildman–Crippen MR) is 61.0 cm³/mol. The molecule has 0 bridgehead atoms. The van der Waals surface area contributed by atoms with Crippen molar-refractivity contribution in [3.63, 3.8) is 0 Å². The quantitative estimate of drug-likeness (QED) is 0.630. The lowest BCUT2D eigenvalue weighted by atomic mass is 10.2. The average molecular weight is 238 g/mol. The number of carbonyl (C=O) groups excluding carboxylic acids is 1. The monoisotopic (exact) mass is 237 g/mol. The molecule has 0 aliphatic carbocycles. The summed E-state index contributed by atoms with van der Waals surface area (Å²) in [4.78, 5) is 15.3. The lowest BCUT2D eigenvalue weighted by Crippen LogP contribution is -2.24. The summed E-state index contributed by atoms with van der Waals surface area (Å²) in [6.45, 7) is 0.573. The highest BCUT2D eigenvalue weighted by Crippen LogP contribution is 2.05. The van der Waals surface area contributed by atoms with Gasteiger partial charge in [-0.1, -0.05) is 11.6 Å². The molecule has 1 N–H and O–H groups in total. The van der Waals surface area contributed by atoms with Gasteiger partial charge in [0.2, 0.25) is 0 Å². The highest BCUT2D eigenvalue weighted by Gasteiger charge is 2.04. The Morgan fingerprint density at radius 2 is 2.31 bits per heavy atom. The molecule has 1 aromatic heterocycles. The first kappa shape index (κ1) is 12.5. The maximum Gasteiger partial charge on any atom is 0.252 e. The van der Waals surface area contributed by atoms with Crippen molar-refractivity contribution in [2.45, 2.75) is 19.3 Å².